The van der Waals surface area contributed by atoms with Crippen LogP contribution in [0.1, 0.15) is 27.6 Å². The number of nitrogens with one attached hydrogen (secondary N) is 2. The molecule has 2 aromatic rings. The number of methoxy groups -OCH3 is 1. The minimum absolute atomic E-state index is 0.321. The Hall–Kier alpha value is -2.00. The number of hydrazine groups is 1. The molecular weight excluding hydrogens is 459 g/mol. The van der Waals surface area contributed by atoms with E-state index in [1.165, 1.54) is 19.2 Å². The number of benzene rings is 2. The largest absolute Gasteiger partial charge is 0.493 e. The molecular formula is C17H16ClIN2O4. The van der Waals surface area contributed by atoms with E-state index in [1.54, 1.807) is 24.3 Å². The Bertz CT molecular complexity index is 798. The minimum atomic E-state index is -0.480. The van der Waals surface area contributed by atoms with Crippen LogP contribution in [-0.4, -0.2) is 25.5 Å². The summed E-state index contributed by atoms with van der Waals surface area (Å²) in [5.74, 6) is 0.0363. The zero-order valence-corrected chi connectivity index (χ0v) is 16.5. The zero-order valence-electron chi connectivity index (χ0n) is 13.6. The molecule has 0 aliphatic carbocycles. The van der Waals surface area contributed by atoms with Crippen LogP contribution in [-0.2, 0) is 0 Å². The highest BCUT2D eigenvalue weighted by atomic mass is 127. The van der Waals surface area contributed by atoms with E-state index >= 15 is 0 Å². The Labute approximate surface area is 163 Å². The second-order valence-corrected chi connectivity index (χ2v) is 6.43. The lowest BCUT2D eigenvalue weighted by atomic mass is 10.2. The summed E-state index contributed by atoms with van der Waals surface area (Å²) in [6, 6.07) is 9.69. The monoisotopic (exact) mass is 474 g/mol. The number of halogens is 2. The molecule has 0 bridgehead atoms. The van der Waals surface area contributed by atoms with Crippen LogP contribution in [0.2, 0.25) is 5.02 Å². The second kappa shape index (κ2) is 8.91. The maximum atomic E-state index is 12.2. The van der Waals surface area contributed by atoms with E-state index in [4.69, 9.17) is 21.1 Å². The molecule has 0 aliphatic rings. The molecule has 0 aromatic heterocycles. The van der Waals surface area contributed by atoms with Gasteiger partial charge in [-0.05, 0) is 65.9 Å². The first-order chi connectivity index (χ1) is 12.0. The van der Waals surface area contributed by atoms with Crippen molar-refractivity contribution < 1.29 is 19.1 Å². The normalized spacial score (nSPS) is 10.1. The molecule has 0 radical (unpaired) electrons. The van der Waals surface area contributed by atoms with Gasteiger partial charge in [-0.2, -0.15) is 0 Å². The third-order valence-electron chi connectivity index (χ3n) is 3.19. The molecule has 6 nitrogen and oxygen atoms in total. The van der Waals surface area contributed by atoms with Gasteiger partial charge in [0.05, 0.1) is 19.3 Å². The van der Waals surface area contributed by atoms with Crippen molar-refractivity contribution in [2.75, 3.05) is 13.7 Å². The molecule has 132 valence electrons. The van der Waals surface area contributed by atoms with Crippen LogP contribution in [0.4, 0.5) is 0 Å². The SMILES string of the molecule is CCOc1ccc(C(=O)NNC(=O)c2cc(Cl)ccc2I)cc1OC. The van der Waals surface area contributed by atoms with E-state index in [0.717, 1.165) is 3.57 Å². The van der Waals surface area contributed by atoms with Gasteiger partial charge in [-0.25, -0.2) is 0 Å². The Kier molecular flexibility index (Phi) is 6.89. The van der Waals surface area contributed by atoms with Crippen LogP contribution in [0.15, 0.2) is 36.4 Å². The van der Waals surface area contributed by atoms with Gasteiger partial charge in [0.1, 0.15) is 0 Å². The maximum Gasteiger partial charge on any atom is 0.270 e. The summed E-state index contributed by atoms with van der Waals surface area (Å²) in [4.78, 5) is 24.4. The van der Waals surface area contributed by atoms with Gasteiger partial charge < -0.3 is 9.47 Å². The van der Waals surface area contributed by atoms with E-state index in [0.29, 0.717) is 34.3 Å². The van der Waals surface area contributed by atoms with Crippen molar-refractivity contribution in [1.82, 2.24) is 10.9 Å². The molecule has 8 heteroatoms. The van der Waals surface area contributed by atoms with E-state index in [-0.39, 0.29) is 0 Å². The summed E-state index contributed by atoms with van der Waals surface area (Å²) >= 11 is 7.92. The average molecular weight is 475 g/mol. The van der Waals surface area contributed by atoms with E-state index < -0.39 is 11.8 Å². The minimum Gasteiger partial charge on any atom is -0.493 e. The Morgan fingerprint density at radius 2 is 1.80 bits per heavy atom. The topological polar surface area (TPSA) is 76.7 Å². The summed E-state index contributed by atoms with van der Waals surface area (Å²) < 4.78 is 11.3. The molecule has 0 atom stereocenters. The molecule has 0 aliphatic heterocycles. The van der Waals surface area contributed by atoms with Crippen molar-refractivity contribution in [1.29, 1.82) is 0 Å². The first-order valence-electron chi connectivity index (χ1n) is 7.32. The lowest BCUT2D eigenvalue weighted by Gasteiger charge is -2.12. The molecule has 25 heavy (non-hydrogen) atoms. The van der Waals surface area contributed by atoms with E-state index in [2.05, 4.69) is 10.9 Å². The molecule has 2 amide bonds. The quantitative estimate of drug-likeness (QED) is 0.514. The molecule has 0 heterocycles. The molecule has 0 saturated carbocycles. The average Bonchev–Trinajstić information content (AvgIpc) is 2.62. The van der Waals surface area contributed by atoms with Crippen LogP contribution in [0.3, 0.4) is 0 Å². The molecule has 0 saturated heterocycles. The fraction of sp³-hybridized carbons (Fsp3) is 0.176. The molecule has 0 spiro atoms. The highest BCUT2D eigenvalue weighted by Gasteiger charge is 2.14. The third kappa shape index (κ3) is 4.99. The number of hydrogen-bond acceptors (Lipinski definition) is 4. The van der Waals surface area contributed by atoms with Crippen LogP contribution < -0.4 is 20.3 Å². The lowest BCUT2D eigenvalue weighted by molar-refractivity contribution is 0.0846. The zero-order chi connectivity index (χ0) is 18.4. The van der Waals surface area contributed by atoms with Gasteiger partial charge in [-0.15, -0.1) is 0 Å². The standard InChI is InChI=1S/C17H16ClIN2O4/c1-3-25-14-7-4-10(8-15(14)24-2)16(22)20-21-17(23)12-9-11(18)5-6-13(12)19/h4-9H,3H2,1-2H3,(H,20,22)(H,21,23). The van der Waals surface area contributed by atoms with Crippen molar-refractivity contribution in [2.24, 2.45) is 0 Å². The van der Waals surface area contributed by atoms with Crippen LogP contribution in [0.5, 0.6) is 11.5 Å². The van der Waals surface area contributed by atoms with Crippen molar-refractivity contribution >= 4 is 46.0 Å². The van der Waals surface area contributed by atoms with Crippen molar-refractivity contribution in [3.63, 3.8) is 0 Å². The highest BCUT2D eigenvalue weighted by molar-refractivity contribution is 14.1. The van der Waals surface area contributed by atoms with Gasteiger partial charge in [-0.3, -0.25) is 20.4 Å². The van der Waals surface area contributed by atoms with E-state index in [1.807, 2.05) is 29.5 Å². The number of carbonyl (C=O) groups excluding carboxylic acids is 2. The summed E-state index contributed by atoms with van der Waals surface area (Å²) in [6.07, 6.45) is 0. The molecule has 0 unspecified atom stereocenters. The van der Waals surface area contributed by atoms with Gasteiger partial charge in [0.25, 0.3) is 11.8 Å². The van der Waals surface area contributed by atoms with Gasteiger partial charge in [0.2, 0.25) is 0 Å². The summed E-state index contributed by atoms with van der Waals surface area (Å²) in [5, 5.41) is 0.438. The van der Waals surface area contributed by atoms with Crippen molar-refractivity contribution in [3.05, 3.63) is 56.1 Å². The highest BCUT2D eigenvalue weighted by Crippen LogP contribution is 2.28. The number of ether oxygens (including phenoxy) is 2. The molecule has 2 N–H and O–H groups in total. The summed E-state index contributed by atoms with van der Waals surface area (Å²) in [6.45, 7) is 2.34. The van der Waals surface area contributed by atoms with Gasteiger partial charge in [0, 0.05) is 14.2 Å². The molecule has 2 rings (SSSR count). The number of hydrogen-bond donors (Lipinski definition) is 2. The van der Waals surface area contributed by atoms with Crippen LogP contribution in [0, 0.1) is 3.57 Å². The Morgan fingerprint density at radius 3 is 2.48 bits per heavy atom. The number of carbonyl (C=O) groups is 2. The number of amides is 2. The van der Waals surface area contributed by atoms with Gasteiger partial charge in [-0.1, -0.05) is 11.6 Å². The lowest BCUT2D eigenvalue weighted by Crippen LogP contribution is -2.41. The fourth-order valence-corrected chi connectivity index (χ4v) is 2.76. The first-order valence-corrected chi connectivity index (χ1v) is 8.78. The first kappa shape index (κ1) is 19.3. The fourth-order valence-electron chi connectivity index (χ4n) is 2.01. The second-order valence-electron chi connectivity index (χ2n) is 4.83. The summed E-state index contributed by atoms with van der Waals surface area (Å²) in [7, 11) is 1.49. The molecule has 0 fully saturated rings. The van der Waals surface area contributed by atoms with Crippen molar-refractivity contribution in [2.45, 2.75) is 6.92 Å². The van der Waals surface area contributed by atoms with E-state index in [9.17, 15) is 9.59 Å². The Balaban J connectivity index is 2.07. The van der Waals surface area contributed by atoms with Gasteiger partial charge >= 0.3 is 0 Å². The predicted octanol–water partition coefficient (Wildman–Crippen LogP) is 3.43. The van der Waals surface area contributed by atoms with Gasteiger partial charge in [0.15, 0.2) is 11.5 Å². The van der Waals surface area contributed by atoms with Crippen LogP contribution in [0.25, 0.3) is 0 Å². The Morgan fingerprint density at radius 1 is 1.08 bits per heavy atom. The van der Waals surface area contributed by atoms with Crippen molar-refractivity contribution in [3.8, 4) is 11.5 Å². The smallest absolute Gasteiger partial charge is 0.270 e. The maximum absolute atomic E-state index is 12.2. The number of rotatable bonds is 5. The summed E-state index contributed by atoms with van der Waals surface area (Å²) in [5.41, 5.74) is 5.43. The third-order valence-corrected chi connectivity index (χ3v) is 4.36. The predicted molar refractivity (Wildman–Crippen MR) is 103 cm³/mol. The van der Waals surface area contributed by atoms with Crippen LogP contribution >= 0.6 is 34.2 Å². The molecule has 2 aromatic carbocycles.